The van der Waals surface area contributed by atoms with Gasteiger partial charge in [-0.25, -0.2) is 24.2 Å². The van der Waals surface area contributed by atoms with E-state index in [1.807, 2.05) is 61.1 Å². The quantitative estimate of drug-likeness (QED) is 0.282. The first-order valence-electron chi connectivity index (χ1n) is 14.0. The molecule has 0 spiro atoms. The van der Waals surface area contributed by atoms with Crippen molar-refractivity contribution >= 4 is 34.1 Å². The molecule has 0 unspecified atom stereocenters. The average molecular weight is 558 g/mol. The van der Waals surface area contributed by atoms with E-state index in [4.69, 9.17) is 19.7 Å². The Morgan fingerprint density at radius 3 is 2.63 bits per heavy atom. The highest BCUT2D eigenvalue weighted by Gasteiger charge is 2.32. The minimum Gasteiger partial charge on any atom is -0.453 e. The van der Waals surface area contributed by atoms with Crippen molar-refractivity contribution in [1.82, 2.24) is 24.9 Å². The van der Waals surface area contributed by atoms with Gasteiger partial charge in [-0.2, -0.15) is 5.26 Å². The standard InChI is InChI=1S/C30H35N7O4/c1-19(2)25(35-30(39)40-18-22-7-5-4-6-8-22)29(38)41-20(3)28-34-24-17-33-27-23(10-14-32-27)26(24)37(28)36-15-11-21(9-13-31)12-16-36/h4-8,10,14,17,19-21,25H,9,11-12,15-16,18H2,1-3H3,(H,32,33)(H,35,39)/t20-,25+/m1/s1. The molecular formula is C30H35N7O4. The lowest BCUT2D eigenvalue weighted by Crippen LogP contribution is -2.46. The van der Waals surface area contributed by atoms with E-state index in [9.17, 15) is 9.59 Å². The molecule has 1 saturated heterocycles. The zero-order valence-corrected chi connectivity index (χ0v) is 23.5. The number of benzene rings is 1. The van der Waals surface area contributed by atoms with Crippen LogP contribution in [0, 0.1) is 23.2 Å². The first-order valence-corrected chi connectivity index (χ1v) is 14.0. The number of ether oxygens (including phenoxy) is 2. The molecule has 11 heteroatoms. The number of esters is 1. The van der Waals surface area contributed by atoms with E-state index < -0.39 is 24.2 Å². The van der Waals surface area contributed by atoms with E-state index in [1.165, 1.54) is 0 Å². The fourth-order valence-electron chi connectivity index (χ4n) is 5.26. The van der Waals surface area contributed by atoms with E-state index in [0.29, 0.717) is 23.7 Å². The summed E-state index contributed by atoms with van der Waals surface area (Å²) in [5, 5.41) is 14.9. The lowest BCUT2D eigenvalue weighted by Gasteiger charge is -2.35. The van der Waals surface area contributed by atoms with Gasteiger partial charge in [-0.3, -0.25) is 0 Å². The SMILES string of the molecule is CC(C)[C@H](NC(=O)OCc1ccccc1)C(=O)O[C@H](C)c1nc2cnc3[nH]ccc3c2n1N1CCC(CC#N)CC1. The Balaban J connectivity index is 1.36. The van der Waals surface area contributed by atoms with Crippen molar-refractivity contribution in [2.24, 2.45) is 11.8 Å². The number of hydrogen-bond donors (Lipinski definition) is 2. The fourth-order valence-corrected chi connectivity index (χ4v) is 5.26. The van der Waals surface area contributed by atoms with E-state index in [2.05, 4.69) is 26.4 Å². The summed E-state index contributed by atoms with van der Waals surface area (Å²) in [6.07, 6.45) is 4.45. The average Bonchev–Trinajstić information content (AvgIpc) is 3.60. The Hall–Kier alpha value is -4.59. The van der Waals surface area contributed by atoms with Gasteiger partial charge in [-0.15, -0.1) is 0 Å². The Kier molecular flexibility index (Phi) is 8.38. The van der Waals surface area contributed by atoms with Gasteiger partial charge in [0.15, 0.2) is 11.9 Å². The number of nitrogens with zero attached hydrogens (tertiary/aromatic N) is 5. The molecule has 1 fully saturated rings. The molecule has 5 rings (SSSR count). The predicted molar refractivity (Wildman–Crippen MR) is 153 cm³/mol. The number of nitrogens with one attached hydrogen (secondary N) is 2. The van der Waals surface area contributed by atoms with Crippen molar-refractivity contribution < 1.29 is 19.1 Å². The molecule has 1 aliphatic rings. The lowest BCUT2D eigenvalue weighted by molar-refractivity contribution is -0.152. The maximum atomic E-state index is 13.4. The molecule has 2 N–H and O–H groups in total. The summed E-state index contributed by atoms with van der Waals surface area (Å²) in [6, 6.07) is 12.7. The number of amides is 1. The summed E-state index contributed by atoms with van der Waals surface area (Å²) in [4.78, 5) is 38.4. The summed E-state index contributed by atoms with van der Waals surface area (Å²) in [5.41, 5.74) is 3.17. The van der Waals surface area contributed by atoms with Gasteiger partial charge in [0.05, 0.1) is 12.3 Å². The molecule has 41 heavy (non-hydrogen) atoms. The van der Waals surface area contributed by atoms with Crippen LogP contribution in [0.4, 0.5) is 4.79 Å². The third-order valence-corrected chi connectivity index (χ3v) is 7.52. The summed E-state index contributed by atoms with van der Waals surface area (Å²) in [5.74, 6) is 0.121. The normalized spacial score (nSPS) is 15.5. The van der Waals surface area contributed by atoms with Crippen LogP contribution in [0.25, 0.3) is 22.1 Å². The molecule has 1 aliphatic heterocycles. The predicted octanol–water partition coefficient (Wildman–Crippen LogP) is 4.73. The van der Waals surface area contributed by atoms with Crippen LogP contribution in [0.2, 0.25) is 0 Å². The number of nitriles is 1. The second kappa shape index (κ2) is 12.3. The van der Waals surface area contributed by atoms with Crippen LogP contribution in [-0.4, -0.2) is 50.8 Å². The monoisotopic (exact) mass is 557 g/mol. The first-order chi connectivity index (χ1) is 19.9. The molecule has 0 aliphatic carbocycles. The van der Waals surface area contributed by atoms with Gasteiger partial charge >= 0.3 is 12.1 Å². The number of aromatic amines is 1. The van der Waals surface area contributed by atoms with Crippen molar-refractivity contribution in [3.8, 4) is 6.07 Å². The van der Waals surface area contributed by atoms with Crippen molar-refractivity contribution in [2.45, 2.75) is 58.8 Å². The number of rotatable bonds is 9. The zero-order valence-electron chi connectivity index (χ0n) is 23.5. The number of carbonyl (C=O) groups is 2. The van der Waals surface area contributed by atoms with Crippen LogP contribution in [0.5, 0.6) is 0 Å². The Morgan fingerprint density at radius 1 is 1.17 bits per heavy atom. The van der Waals surface area contributed by atoms with Gasteiger partial charge in [0, 0.05) is 31.1 Å². The van der Waals surface area contributed by atoms with Gasteiger partial charge in [0.25, 0.3) is 0 Å². The molecule has 0 bridgehead atoms. The molecule has 3 aromatic heterocycles. The van der Waals surface area contributed by atoms with Crippen molar-refractivity contribution in [2.75, 3.05) is 18.1 Å². The van der Waals surface area contributed by atoms with Gasteiger partial charge in [0.2, 0.25) is 0 Å². The third kappa shape index (κ3) is 6.11. The number of imidazole rings is 1. The number of hydrogen-bond acceptors (Lipinski definition) is 8. The van der Waals surface area contributed by atoms with Gasteiger partial charge in [-0.05, 0) is 43.2 Å². The summed E-state index contributed by atoms with van der Waals surface area (Å²) >= 11 is 0. The Labute approximate surface area is 238 Å². The highest BCUT2D eigenvalue weighted by molar-refractivity contribution is 6.01. The number of piperidine rings is 1. The molecule has 214 valence electrons. The smallest absolute Gasteiger partial charge is 0.408 e. The lowest BCUT2D eigenvalue weighted by atomic mass is 9.95. The van der Waals surface area contributed by atoms with E-state index in [0.717, 1.165) is 48.0 Å². The molecule has 1 aromatic carbocycles. The maximum absolute atomic E-state index is 13.4. The fraction of sp³-hybridized carbons (Fsp3) is 0.433. The highest BCUT2D eigenvalue weighted by Crippen LogP contribution is 2.30. The third-order valence-electron chi connectivity index (χ3n) is 7.52. The van der Waals surface area contributed by atoms with E-state index in [1.54, 1.807) is 13.1 Å². The molecular weight excluding hydrogens is 522 g/mol. The first kappa shape index (κ1) is 28.0. The Bertz CT molecular complexity index is 1550. The number of pyridine rings is 1. The molecule has 4 heterocycles. The van der Waals surface area contributed by atoms with Crippen LogP contribution in [0.15, 0.2) is 48.8 Å². The maximum Gasteiger partial charge on any atom is 0.408 e. The minimum atomic E-state index is -0.904. The molecule has 11 nitrogen and oxygen atoms in total. The summed E-state index contributed by atoms with van der Waals surface area (Å²) in [6.45, 7) is 7.03. The summed E-state index contributed by atoms with van der Waals surface area (Å²) < 4.78 is 13.3. The highest BCUT2D eigenvalue weighted by atomic mass is 16.6. The van der Waals surface area contributed by atoms with Crippen LogP contribution < -0.4 is 10.3 Å². The second-order valence-corrected chi connectivity index (χ2v) is 10.8. The minimum absolute atomic E-state index is 0.0969. The van der Waals surface area contributed by atoms with E-state index in [-0.39, 0.29) is 12.5 Å². The van der Waals surface area contributed by atoms with Crippen LogP contribution in [0.3, 0.4) is 0 Å². The molecule has 1 amide bonds. The molecule has 2 atom stereocenters. The molecule has 0 radical (unpaired) electrons. The number of carbonyl (C=O) groups excluding carboxylic acids is 2. The van der Waals surface area contributed by atoms with Gasteiger partial charge < -0.3 is 24.8 Å². The number of H-pyrrole nitrogens is 1. The molecule has 0 saturated carbocycles. The summed E-state index contributed by atoms with van der Waals surface area (Å²) in [7, 11) is 0. The number of aromatic nitrogens is 4. The van der Waals surface area contributed by atoms with Crippen LogP contribution >= 0.6 is 0 Å². The van der Waals surface area contributed by atoms with Crippen molar-refractivity contribution in [3.63, 3.8) is 0 Å². The second-order valence-electron chi connectivity index (χ2n) is 10.8. The number of fused-ring (bicyclic) bond motifs is 3. The topological polar surface area (TPSA) is 138 Å². The zero-order chi connectivity index (χ0) is 28.9. The van der Waals surface area contributed by atoms with Crippen LogP contribution in [0.1, 0.15) is 57.5 Å². The largest absolute Gasteiger partial charge is 0.453 e. The van der Waals surface area contributed by atoms with E-state index >= 15 is 0 Å². The van der Waals surface area contributed by atoms with Crippen LogP contribution in [-0.2, 0) is 20.9 Å². The van der Waals surface area contributed by atoms with Crippen molar-refractivity contribution in [1.29, 1.82) is 5.26 Å². The molecule has 4 aromatic rings. The van der Waals surface area contributed by atoms with Gasteiger partial charge in [-0.1, -0.05) is 44.2 Å². The van der Waals surface area contributed by atoms with Crippen molar-refractivity contribution in [3.05, 3.63) is 60.2 Å². The Morgan fingerprint density at radius 2 is 1.93 bits per heavy atom. The number of alkyl carbamates (subject to hydrolysis) is 1. The van der Waals surface area contributed by atoms with Gasteiger partial charge in [0.1, 0.15) is 29.3 Å².